The maximum absolute atomic E-state index is 5.95. The van der Waals surface area contributed by atoms with Crippen molar-refractivity contribution in [2.45, 2.75) is 84.4 Å². The van der Waals surface area contributed by atoms with Crippen molar-refractivity contribution >= 4 is 0 Å². The molecule has 0 saturated heterocycles. The second-order valence-electron chi connectivity index (χ2n) is 6.99. The Kier molecular flexibility index (Phi) is 5.69. The van der Waals surface area contributed by atoms with E-state index in [1.54, 1.807) is 0 Å². The summed E-state index contributed by atoms with van der Waals surface area (Å²) in [6.07, 6.45) is 7.46. The van der Waals surface area contributed by atoms with Crippen molar-refractivity contribution in [1.82, 2.24) is 5.32 Å². The van der Waals surface area contributed by atoms with Gasteiger partial charge in [-0.15, -0.1) is 0 Å². The minimum atomic E-state index is -0.0414. The Balaban J connectivity index is 1.91. The minimum absolute atomic E-state index is 0.0414. The molecule has 1 N–H and O–H groups in total. The predicted octanol–water partition coefficient (Wildman–Crippen LogP) is 4.85. The van der Waals surface area contributed by atoms with Crippen LogP contribution in [0.3, 0.4) is 0 Å². The summed E-state index contributed by atoms with van der Waals surface area (Å²) in [5.41, 5.74) is 2.70. The number of unbranched alkanes of at least 4 members (excludes halogenated alkanes) is 1. The highest BCUT2D eigenvalue weighted by atomic mass is 16.5. The van der Waals surface area contributed by atoms with Crippen molar-refractivity contribution in [3.05, 3.63) is 29.3 Å². The number of ether oxygens (including phenoxy) is 1. The van der Waals surface area contributed by atoms with E-state index in [0.29, 0.717) is 6.04 Å². The first kappa shape index (κ1) is 16.4. The number of benzene rings is 1. The molecule has 1 unspecified atom stereocenters. The Morgan fingerprint density at radius 3 is 2.71 bits per heavy atom. The standard InChI is InChI=1S/C19H31NO/c1-5-7-9-17(8-6-2)20-14-15-10-11-18-16(12-15)13-19(3,4)21-18/h10-12,17,20H,5-9,13-14H2,1-4H3. The topological polar surface area (TPSA) is 21.3 Å². The van der Waals surface area contributed by atoms with E-state index in [-0.39, 0.29) is 5.60 Å². The summed E-state index contributed by atoms with van der Waals surface area (Å²) < 4.78 is 5.95. The van der Waals surface area contributed by atoms with Gasteiger partial charge in [-0.05, 0) is 43.9 Å². The molecule has 0 aromatic heterocycles. The first-order chi connectivity index (χ1) is 10.0. The van der Waals surface area contributed by atoms with E-state index in [4.69, 9.17) is 4.74 Å². The number of rotatable bonds is 8. The summed E-state index contributed by atoms with van der Waals surface area (Å²) in [5, 5.41) is 3.74. The first-order valence-electron chi connectivity index (χ1n) is 8.58. The van der Waals surface area contributed by atoms with Crippen LogP contribution in [-0.4, -0.2) is 11.6 Å². The van der Waals surface area contributed by atoms with Gasteiger partial charge in [-0.1, -0.05) is 45.2 Å². The van der Waals surface area contributed by atoms with Crippen LogP contribution in [0.2, 0.25) is 0 Å². The molecule has 1 aromatic carbocycles. The van der Waals surface area contributed by atoms with Crippen molar-refractivity contribution in [2.75, 3.05) is 0 Å². The molecule has 1 heterocycles. The van der Waals surface area contributed by atoms with Crippen molar-refractivity contribution in [3.63, 3.8) is 0 Å². The fraction of sp³-hybridized carbons (Fsp3) is 0.684. The molecule has 21 heavy (non-hydrogen) atoms. The van der Waals surface area contributed by atoms with Gasteiger partial charge >= 0.3 is 0 Å². The zero-order valence-electron chi connectivity index (χ0n) is 14.2. The van der Waals surface area contributed by atoms with Crippen LogP contribution in [0.15, 0.2) is 18.2 Å². The molecule has 2 heteroatoms. The average molecular weight is 289 g/mol. The predicted molar refractivity (Wildman–Crippen MR) is 89.9 cm³/mol. The Morgan fingerprint density at radius 2 is 2.00 bits per heavy atom. The molecule has 0 fully saturated rings. The van der Waals surface area contributed by atoms with Gasteiger partial charge in [0.25, 0.3) is 0 Å². The van der Waals surface area contributed by atoms with Gasteiger partial charge in [0.1, 0.15) is 11.4 Å². The number of hydrogen-bond donors (Lipinski definition) is 1. The Morgan fingerprint density at radius 1 is 1.19 bits per heavy atom. The fourth-order valence-corrected chi connectivity index (χ4v) is 3.18. The van der Waals surface area contributed by atoms with E-state index >= 15 is 0 Å². The van der Waals surface area contributed by atoms with Gasteiger partial charge in [0.05, 0.1) is 0 Å². The lowest BCUT2D eigenvalue weighted by Gasteiger charge is -2.18. The van der Waals surface area contributed by atoms with Crippen LogP contribution in [0.5, 0.6) is 5.75 Å². The number of hydrogen-bond acceptors (Lipinski definition) is 2. The molecular formula is C19H31NO. The molecule has 0 spiro atoms. The van der Waals surface area contributed by atoms with Crippen LogP contribution >= 0.6 is 0 Å². The summed E-state index contributed by atoms with van der Waals surface area (Å²) in [7, 11) is 0. The largest absolute Gasteiger partial charge is 0.487 e. The zero-order chi connectivity index (χ0) is 15.3. The lowest BCUT2D eigenvalue weighted by Crippen LogP contribution is -2.28. The molecule has 1 atom stereocenters. The van der Waals surface area contributed by atoms with Gasteiger partial charge < -0.3 is 10.1 Å². The molecule has 1 aliphatic heterocycles. The van der Waals surface area contributed by atoms with Crippen LogP contribution in [0.1, 0.15) is 70.9 Å². The van der Waals surface area contributed by atoms with Gasteiger partial charge in [-0.25, -0.2) is 0 Å². The maximum atomic E-state index is 5.95. The monoisotopic (exact) mass is 289 g/mol. The normalized spacial score (nSPS) is 17.3. The SMILES string of the molecule is CCCCC(CCC)NCc1ccc2c(c1)CC(C)(C)O2. The lowest BCUT2D eigenvalue weighted by atomic mass is 10.00. The van der Waals surface area contributed by atoms with E-state index in [1.165, 1.54) is 43.2 Å². The van der Waals surface area contributed by atoms with Gasteiger partial charge in [-0.3, -0.25) is 0 Å². The lowest BCUT2D eigenvalue weighted by molar-refractivity contribution is 0.138. The van der Waals surface area contributed by atoms with Crippen LogP contribution in [-0.2, 0) is 13.0 Å². The zero-order valence-corrected chi connectivity index (χ0v) is 14.2. The van der Waals surface area contributed by atoms with Crippen LogP contribution in [0, 0.1) is 0 Å². The van der Waals surface area contributed by atoms with E-state index in [2.05, 4.69) is 51.2 Å². The van der Waals surface area contributed by atoms with E-state index < -0.39 is 0 Å². The third-order valence-corrected chi connectivity index (χ3v) is 4.27. The maximum Gasteiger partial charge on any atom is 0.123 e. The number of nitrogens with one attached hydrogen (secondary N) is 1. The molecule has 0 saturated carbocycles. The summed E-state index contributed by atoms with van der Waals surface area (Å²) in [6, 6.07) is 7.33. The molecule has 0 amide bonds. The van der Waals surface area contributed by atoms with Crippen molar-refractivity contribution in [1.29, 1.82) is 0 Å². The molecule has 2 rings (SSSR count). The van der Waals surface area contributed by atoms with Gasteiger partial charge in [0.15, 0.2) is 0 Å². The molecule has 1 aliphatic rings. The van der Waals surface area contributed by atoms with Crippen molar-refractivity contribution in [3.8, 4) is 5.75 Å². The highest BCUT2D eigenvalue weighted by Crippen LogP contribution is 2.35. The Hall–Kier alpha value is -1.02. The van der Waals surface area contributed by atoms with Crippen LogP contribution in [0.4, 0.5) is 0 Å². The number of fused-ring (bicyclic) bond motifs is 1. The summed E-state index contributed by atoms with van der Waals surface area (Å²) in [5.74, 6) is 1.07. The van der Waals surface area contributed by atoms with Crippen LogP contribution in [0.25, 0.3) is 0 Å². The second kappa shape index (κ2) is 7.31. The molecule has 118 valence electrons. The van der Waals surface area contributed by atoms with E-state index in [9.17, 15) is 0 Å². The Labute approximate surface area is 130 Å². The summed E-state index contributed by atoms with van der Waals surface area (Å²) >= 11 is 0. The summed E-state index contributed by atoms with van der Waals surface area (Å²) in [6.45, 7) is 9.84. The fourth-order valence-electron chi connectivity index (χ4n) is 3.18. The van der Waals surface area contributed by atoms with Crippen molar-refractivity contribution < 1.29 is 4.74 Å². The molecular weight excluding hydrogens is 258 g/mol. The quantitative estimate of drug-likeness (QED) is 0.738. The van der Waals surface area contributed by atoms with Crippen molar-refractivity contribution in [2.24, 2.45) is 0 Å². The minimum Gasteiger partial charge on any atom is -0.487 e. The first-order valence-corrected chi connectivity index (χ1v) is 8.58. The van der Waals surface area contributed by atoms with Crippen LogP contribution < -0.4 is 10.1 Å². The average Bonchev–Trinajstić information content (AvgIpc) is 2.74. The highest BCUT2D eigenvalue weighted by molar-refractivity contribution is 5.41. The molecule has 0 aliphatic carbocycles. The highest BCUT2D eigenvalue weighted by Gasteiger charge is 2.29. The molecule has 0 bridgehead atoms. The van der Waals surface area contributed by atoms with Gasteiger partial charge in [-0.2, -0.15) is 0 Å². The van der Waals surface area contributed by atoms with E-state index in [1.807, 2.05) is 0 Å². The third kappa shape index (κ3) is 4.74. The van der Waals surface area contributed by atoms with E-state index in [0.717, 1.165) is 18.7 Å². The van der Waals surface area contributed by atoms with Gasteiger partial charge in [0, 0.05) is 19.0 Å². The molecule has 0 radical (unpaired) electrons. The second-order valence-corrected chi connectivity index (χ2v) is 6.99. The third-order valence-electron chi connectivity index (χ3n) is 4.27. The summed E-state index contributed by atoms with van der Waals surface area (Å²) in [4.78, 5) is 0. The van der Waals surface area contributed by atoms with Gasteiger partial charge in [0.2, 0.25) is 0 Å². The Bertz CT molecular complexity index is 453. The molecule has 2 nitrogen and oxygen atoms in total. The smallest absolute Gasteiger partial charge is 0.123 e. The molecule has 1 aromatic rings.